The highest BCUT2D eigenvalue weighted by molar-refractivity contribution is 7.92. The molecule has 0 bridgehead atoms. The molecular weight excluding hydrogens is 417 g/mol. The predicted octanol–water partition coefficient (Wildman–Crippen LogP) is 2.10. The third kappa shape index (κ3) is 3.98. The van der Waals surface area contributed by atoms with E-state index in [1.165, 1.54) is 12.1 Å². The average Bonchev–Trinajstić information content (AvgIpc) is 3.05. The molecule has 0 spiro atoms. The second kappa shape index (κ2) is 7.86. The lowest BCUT2D eigenvalue weighted by atomic mass is 9.84. The molecule has 8 nitrogen and oxygen atoms in total. The number of carbonyl (C=O) groups is 1. The molecule has 0 amide bonds. The third-order valence-electron chi connectivity index (χ3n) is 5.28. The van der Waals surface area contributed by atoms with Gasteiger partial charge in [0, 0.05) is 17.2 Å². The number of halogens is 1. The van der Waals surface area contributed by atoms with E-state index < -0.39 is 40.1 Å². The van der Waals surface area contributed by atoms with Gasteiger partial charge in [0.2, 0.25) is 0 Å². The minimum absolute atomic E-state index is 0.0774. The Labute approximate surface area is 172 Å². The lowest BCUT2D eigenvalue weighted by Crippen LogP contribution is -2.46. The van der Waals surface area contributed by atoms with Crippen molar-refractivity contribution in [2.75, 3.05) is 11.3 Å². The van der Waals surface area contributed by atoms with Crippen LogP contribution in [0.2, 0.25) is 0 Å². The van der Waals surface area contributed by atoms with Crippen LogP contribution >= 0.6 is 0 Å². The van der Waals surface area contributed by atoms with E-state index >= 15 is 0 Å². The van der Waals surface area contributed by atoms with Crippen LogP contribution < -0.4 is 9.46 Å². The predicted molar refractivity (Wildman–Crippen MR) is 103 cm³/mol. The fourth-order valence-corrected chi connectivity index (χ4v) is 5.02. The molecule has 0 unspecified atom stereocenters. The number of hydrogen-bond donors (Lipinski definition) is 3. The monoisotopic (exact) mass is 437 g/mol. The van der Waals surface area contributed by atoms with Crippen molar-refractivity contribution in [3.63, 3.8) is 0 Å². The van der Waals surface area contributed by atoms with Gasteiger partial charge in [-0.15, -0.1) is 0 Å². The topological polar surface area (TPSA) is 122 Å². The lowest BCUT2D eigenvalue weighted by molar-refractivity contribution is -0.153. The van der Waals surface area contributed by atoms with Crippen LogP contribution in [0.1, 0.15) is 24.3 Å². The van der Waals surface area contributed by atoms with Gasteiger partial charge in [0.1, 0.15) is 23.8 Å². The highest BCUT2D eigenvalue weighted by atomic mass is 32.2. The van der Waals surface area contributed by atoms with E-state index in [0.717, 1.165) is 17.7 Å². The Kier molecular flexibility index (Phi) is 5.39. The fraction of sp³-hybridized carbons (Fsp3) is 0.350. The third-order valence-corrected chi connectivity index (χ3v) is 6.67. The van der Waals surface area contributed by atoms with Crippen LogP contribution in [-0.2, 0) is 19.6 Å². The van der Waals surface area contributed by atoms with Crippen molar-refractivity contribution in [2.24, 2.45) is 0 Å². The summed E-state index contributed by atoms with van der Waals surface area (Å²) in [7, 11) is -3.92. The molecule has 1 fully saturated rings. The first kappa shape index (κ1) is 20.6. The minimum Gasteiger partial charge on any atom is -0.487 e. The number of aliphatic hydroxyl groups excluding tert-OH is 1. The van der Waals surface area contributed by atoms with Crippen molar-refractivity contribution in [3.05, 3.63) is 53.8 Å². The van der Waals surface area contributed by atoms with Crippen LogP contribution in [0.15, 0.2) is 47.4 Å². The molecule has 2 aliphatic rings. The fourth-order valence-electron chi connectivity index (χ4n) is 3.98. The quantitative estimate of drug-likeness (QED) is 0.633. The Morgan fingerprint density at radius 2 is 1.93 bits per heavy atom. The number of ether oxygens (including phenoxy) is 2. The number of aliphatic carboxylic acids is 1. The van der Waals surface area contributed by atoms with Crippen molar-refractivity contribution in [3.8, 4) is 5.75 Å². The van der Waals surface area contributed by atoms with E-state index in [2.05, 4.69) is 4.72 Å². The van der Waals surface area contributed by atoms with Crippen molar-refractivity contribution in [1.29, 1.82) is 0 Å². The van der Waals surface area contributed by atoms with Crippen LogP contribution in [0.5, 0.6) is 5.75 Å². The maximum atomic E-state index is 13.1. The summed E-state index contributed by atoms with van der Waals surface area (Å²) >= 11 is 0. The number of carboxylic acid groups (broad SMARTS) is 1. The zero-order valence-corrected chi connectivity index (χ0v) is 16.5. The van der Waals surface area contributed by atoms with Crippen LogP contribution in [0.4, 0.5) is 10.1 Å². The number of hydrogen-bond acceptors (Lipinski definition) is 6. The van der Waals surface area contributed by atoms with Crippen molar-refractivity contribution < 1.29 is 37.3 Å². The first-order valence-corrected chi connectivity index (χ1v) is 10.8. The smallest absolute Gasteiger partial charge is 0.305 e. The first-order chi connectivity index (χ1) is 14.3. The molecule has 4 atom stereocenters. The van der Waals surface area contributed by atoms with Gasteiger partial charge in [-0.05, 0) is 48.9 Å². The summed E-state index contributed by atoms with van der Waals surface area (Å²) in [4.78, 5) is 11.0. The van der Waals surface area contributed by atoms with E-state index in [1.807, 2.05) is 0 Å². The second-order valence-electron chi connectivity index (χ2n) is 7.31. The van der Waals surface area contributed by atoms with Crippen molar-refractivity contribution in [1.82, 2.24) is 0 Å². The first-order valence-electron chi connectivity index (χ1n) is 9.34. The molecule has 0 aromatic heterocycles. The molecule has 2 aromatic rings. The molecule has 2 aromatic carbocycles. The summed E-state index contributed by atoms with van der Waals surface area (Å²) in [5.41, 5.74) is 1.01. The minimum atomic E-state index is -3.92. The van der Waals surface area contributed by atoms with Gasteiger partial charge < -0.3 is 19.7 Å². The lowest BCUT2D eigenvalue weighted by Gasteiger charge is -2.36. The van der Waals surface area contributed by atoms with Gasteiger partial charge in [-0.2, -0.15) is 0 Å². The van der Waals surface area contributed by atoms with E-state index in [4.69, 9.17) is 14.6 Å². The largest absolute Gasteiger partial charge is 0.487 e. The number of carboxylic acids is 1. The zero-order valence-electron chi connectivity index (χ0n) is 15.7. The molecule has 2 aliphatic heterocycles. The highest BCUT2D eigenvalue weighted by Crippen LogP contribution is 2.47. The molecule has 0 radical (unpaired) electrons. The summed E-state index contributed by atoms with van der Waals surface area (Å²) in [5, 5.41) is 18.7. The van der Waals surface area contributed by atoms with E-state index in [-0.39, 0.29) is 23.8 Å². The number of aliphatic hydroxyl groups is 1. The summed E-state index contributed by atoms with van der Waals surface area (Å²) in [5.74, 6) is -1.25. The Bertz CT molecular complexity index is 1060. The Hall–Kier alpha value is -2.69. The molecule has 160 valence electrons. The van der Waals surface area contributed by atoms with Gasteiger partial charge in [-0.1, -0.05) is 0 Å². The molecule has 0 aliphatic carbocycles. The van der Waals surface area contributed by atoms with E-state index in [1.54, 1.807) is 18.2 Å². The van der Waals surface area contributed by atoms with E-state index in [0.29, 0.717) is 17.9 Å². The van der Waals surface area contributed by atoms with Crippen molar-refractivity contribution >= 4 is 21.7 Å². The van der Waals surface area contributed by atoms with E-state index in [9.17, 15) is 22.7 Å². The van der Waals surface area contributed by atoms with Crippen LogP contribution in [0.25, 0.3) is 0 Å². The molecule has 1 saturated heterocycles. The maximum absolute atomic E-state index is 13.1. The number of anilines is 1. The summed E-state index contributed by atoms with van der Waals surface area (Å²) < 4.78 is 52.3. The number of nitrogens with one attached hydrogen (secondary N) is 1. The molecule has 30 heavy (non-hydrogen) atoms. The average molecular weight is 437 g/mol. The normalized spacial score (nSPS) is 25.1. The number of fused-ring (bicyclic) bond motifs is 3. The van der Waals surface area contributed by atoms with Gasteiger partial charge in [-0.25, -0.2) is 12.8 Å². The summed E-state index contributed by atoms with van der Waals surface area (Å²) in [6.07, 6.45) is -1.59. The molecule has 4 rings (SSSR count). The van der Waals surface area contributed by atoms with Crippen LogP contribution in [0.3, 0.4) is 0 Å². The molecule has 0 saturated carbocycles. The molecule has 10 heteroatoms. The maximum Gasteiger partial charge on any atom is 0.305 e. The summed E-state index contributed by atoms with van der Waals surface area (Å²) in [6.45, 7) is -0.324. The van der Waals surface area contributed by atoms with Gasteiger partial charge in [0.15, 0.2) is 0 Å². The van der Waals surface area contributed by atoms with Gasteiger partial charge in [0.05, 0.1) is 24.0 Å². The zero-order chi connectivity index (χ0) is 21.5. The van der Waals surface area contributed by atoms with Gasteiger partial charge >= 0.3 is 5.97 Å². The number of benzene rings is 2. The second-order valence-corrected chi connectivity index (χ2v) is 9.00. The number of rotatable bonds is 6. The Balaban J connectivity index is 1.60. The molecule has 3 N–H and O–H groups in total. The van der Waals surface area contributed by atoms with Crippen LogP contribution in [-0.4, -0.2) is 49.5 Å². The Morgan fingerprint density at radius 3 is 2.60 bits per heavy atom. The SMILES string of the molecule is O=C(O)C[C@@H]1C[C@@H]2c3cc(NS(=O)(=O)c4ccc(F)cc4)ccc3O[C@@H]2[C@H](CO)O1. The van der Waals surface area contributed by atoms with Gasteiger partial charge in [-0.3, -0.25) is 9.52 Å². The molecule has 2 heterocycles. The Morgan fingerprint density at radius 1 is 1.20 bits per heavy atom. The van der Waals surface area contributed by atoms with Gasteiger partial charge in [0.25, 0.3) is 10.0 Å². The highest BCUT2D eigenvalue weighted by Gasteiger charge is 2.46. The standard InChI is InChI=1S/C20H20FNO7S/c21-11-1-4-14(5-2-11)30(26,27)22-12-3-6-17-15(7-12)16-8-13(9-19(24)25)28-18(10-23)20(16)29-17/h1-7,13,16,18,20,22-23H,8-10H2,(H,24,25)/t13-,16+,18-,20-/m0/s1. The molecular formula is C20H20FNO7S. The van der Waals surface area contributed by atoms with Crippen LogP contribution in [0, 0.1) is 5.82 Å². The number of sulfonamides is 1. The van der Waals surface area contributed by atoms with Crippen molar-refractivity contribution in [2.45, 2.75) is 42.0 Å². The summed E-state index contributed by atoms with van der Waals surface area (Å²) in [6, 6.07) is 9.27.